The van der Waals surface area contributed by atoms with Gasteiger partial charge in [0, 0.05) is 18.1 Å². The third-order valence-corrected chi connectivity index (χ3v) is 5.23. The molecular formula is C21H31ClO7. The lowest BCUT2D eigenvalue weighted by atomic mass is 10.0. The predicted octanol–water partition coefficient (Wildman–Crippen LogP) is 2.39. The molecule has 2 rings (SSSR count). The van der Waals surface area contributed by atoms with Crippen molar-refractivity contribution in [3.8, 4) is 11.5 Å². The van der Waals surface area contributed by atoms with Gasteiger partial charge in [0.05, 0.1) is 39.6 Å². The van der Waals surface area contributed by atoms with E-state index < -0.39 is 18.8 Å². The Hall–Kier alpha value is -1.35. The van der Waals surface area contributed by atoms with E-state index >= 15 is 0 Å². The van der Waals surface area contributed by atoms with Crippen molar-refractivity contribution in [3.05, 3.63) is 34.9 Å². The Bertz CT molecular complexity index is 652. The fraction of sp³-hybridized carbons (Fsp3) is 0.619. The summed E-state index contributed by atoms with van der Waals surface area (Å²) in [5.41, 5.74) is 0.901. The number of benzene rings is 1. The van der Waals surface area contributed by atoms with Gasteiger partial charge in [-0.05, 0) is 37.0 Å². The Morgan fingerprint density at radius 3 is 2.69 bits per heavy atom. The van der Waals surface area contributed by atoms with Crippen LogP contribution in [0, 0.1) is 0 Å². The Morgan fingerprint density at radius 2 is 2.03 bits per heavy atom. The van der Waals surface area contributed by atoms with Crippen molar-refractivity contribution in [2.45, 2.75) is 56.7 Å². The third kappa shape index (κ3) is 7.13. The second-order valence-corrected chi connectivity index (χ2v) is 7.43. The second-order valence-electron chi connectivity index (χ2n) is 6.95. The summed E-state index contributed by atoms with van der Waals surface area (Å²) >= 11 is 6.15. The molecule has 7 nitrogen and oxygen atoms in total. The average molecular weight is 431 g/mol. The molecule has 29 heavy (non-hydrogen) atoms. The average Bonchev–Trinajstić information content (AvgIpc) is 3.17. The van der Waals surface area contributed by atoms with Gasteiger partial charge in [-0.3, -0.25) is 0 Å². The van der Waals surface area contributed by atoms with Crippen molar-refractivity contribution in [2.75, 3.05) is 27.4 Å². The molecule has 0 unspecified atom stereocenters. The molecule has 1 fully saturated rings. The first-order chi connectivity index (χ1) is 14.0. The summed E-state index contributed by atoms with van der Waals surface area (Å²) in [6.07, 6.45) is 2.10. The van der Waals surface area contributed by atoms with E-state index in [1.165, 1.54) is 0 Å². The van der Waals surface area contributed by atoms with Crippen molar-refractivity contribution in [2.24, 2.45) is 0 Å². The summed E-state index contributed by atoms with van der Waals surface area (Å²) in [5.74, 6) is 1.26. The smallest absolute Gasteiger partial charge is 0.161 e. The number of hydrogen-bond donors (Lipinski definition) is 3. The molecule has 0 bridgehead atoms. The number of methoxy groups -OCH3 is 2. The van der Waals surface area contributed by atoms with E-state index in [0.717, 1.165) is 5.56 Å². The van der Waals surface area contributed by atoms with Gasteiger partial charge in [0.1, 0.15) is 12.2 Å². The highest BCUT2D eigenvalue weighted by molar-refractivity contribution is 6.29. The van der Waals surface area contributed by atoms with Crippen LogP contribution in [0.3, 0.4) is 0 Å². The largest absolute Gasteiger partial charge is 0.493 e. The number of ether oxygens (including phenoxy) is 4. The van der Waals surface area contributed by atoms with Crippen molar-refractivity contribution in [1.82, 2.24) is 0 Å². The van der Waals surface area contributed by atoms with Gasteiger partial charge < -0.3 is 34.3 Å². The third-order valence-electron chi connectivity index (χ3n) is 4.89. The summed E-state index contributed by atoms with van der Waals surface area (Å²) in [6, 6.07) is 5.54. The van der Waals surface area contributed by atoms with Crippen molar-refractivity contribution in [1.29, 1.82) is 0 Å². The van der Waals surface area contributed by atoms with Crippen LogP contribution in [-0.4, -0.2) is 67.2 Å². The molecule has 0 aromatic heterocycles. The van der Waals surface area contributed by atoms with Gasteiger partial charge in [-0.25, -0.2) is 0 Å². The quantitative estimate of drug-likeness (QED) is 0.468. The molecular weight excluding hydrogens is 400 g/mol. The van der Waals surface area contributed by atoms with Crippen LogP contribution < -0.4 is 9.47 Å². The van der Waals surface area contributed by atoms with Crippen LogP contribution in [0.2, 0.25) is 0 Å². The fourth-order valence-corrected chi connectivity index (χ4v) is 3.56. The number of aliphatic hydroxyl groups is 3. The van der Waals surface area contributed by atoms with E-state index in [9.17, 15) is 10.2 Å². The predicted molar refractivity (Wildman–Crippen MR) is 109 cm³/mol. The van der Waals surface area contributed by atoms with E-state index in [2.05, 4.69) is 0 Å². The second kappa shape index (κ2) is 12.4. The summed E-state index contributed by atoms with van der Waals surface area (Å²) in [7, 11) is 3.15. The highest BCUT2D eigenvalue weighted by Crippen LogP contribution is 2.32. The lowest BCUT2D eigenvalue weighted by molar-refractivity contribution is -0.100. The zero-order valence-corrected chi connectivity index (χ0v) is 17.7. The maximum atomic E-state index is 10.1. The summed E-state index contributed by atoms with van der Waals surface area (Å²) in [6.45, 7) is -0.0232. The van der Waals surface area contributed by atoms with Crippen LogP contribution in [-0.2, 0) is 16.1 Å². The minimum atomic E-state index is -1.02. The lowest BCUT2D eigenvalue weighted by Gasteiger charge is -2.23. The summed E-state index contributed by atoms with van der Waals surface area (Å²) in [4.78, 5) is 0. The summed E-state index contributed by atoms with van der Waals surface area (Å²) < 4.78 is 22.5. The van der Waals surface area contributed by atoms with Gasteiger partial charge in [-0.15, -0.1) is 0 Å². The highest BCUT2D eigenvalue weighted by Gasteiger charge is 2.39. The van der Waals surface area contributed by atoms with Crippen molar-refractivity contribution in [3.63, 3.8) is 0 Å². The molecule has 0 spiro atoms. The topological polar surface area (TPSA) is 97.6 Å². The fourth-order valence-electron chi connectivity index (χ4n) is 3.35. The van der Waals surface area contributed by atoms with E-state index in [4.69, 9.17) is 35.7 Å². The number of halogens is 1. The molecule has 0 radical (unpaired) electrons. The molecule has 0 amide bonds. The number of rotatable bonds is 12. The van der Waals surface area contributed by atoms with E-state index in [0.29, 0.717) is 48.8 Å². The molecule has 1 heterocycles. The first kappa shape index (κ1) is 23.9. The van der Waals surface area contributed by atoms with Gasteiger partial charge in [-0.1, -0.05) is 23.7 Å². The molecule has 1 aromatic rings. The molecule has 0 aliphatic carbocycles. The summed E-state index contributed by atoms with van der Waals surface area (Å²) in [5, 5.41) is 29.0. The number of aliphatic hydroxyl groups excluding tert-OH is 3. The molecule has 1 aliphatic rings. The van der Waals surface area contributed by atoms with Gasteiger partial charge in [0.15, 0.2) is 11.5 Å². The molecule has 1 aliphatic heterocycles. The van der Waals surface area contributed by atoms with Crippen molar-refractivity contribution < 1.29 is 34.3 Å². The van der Waals surface area contributed by atoms with Crippen LogP contribution in [0.5, 0.6) is 11.5 Å². The first-order valence-corrected chi connectivity index (χ1v) is 10.1. The Balaban J connectivity index is 1.96. The van der Waals surface area contributed by atoms with Crippen LogP contribution in [0.1, 0.15) is 31.2 Å². The Kier molecular flexibility index (Phi) is 10.2. The molecule has 1 saturated heterocycles. The van der Waals surface area contributed by atoms with Gasteiger partial charge in [0.2, 0.25) is 0 Å². The first-order valence-electron chi connectivity index (χ1n) is 9.74. The molecule has 4 atom stereocenters. The van der Waals surface area contributed by atoms with Crippen LogP contribution in [0.25, 0.3) is 0 Å². The van der Waals surface area contributed by atoms with Crippen molar-refractivity contribution >= 4 is 11.6 Å². The lowest BCUT2D eigenvalue weighted by Crippen LogP contribution is -2.38. The molecule has 0 saturated carbocycles. The molecule has 164 valence electrons. The molecule has 8 heteroatoms. The molecule has 1 aromatic carbocycles. The minimum absolute atomic E-state index is 0.0625. The maximum Gasteiger partial charge on any atom is 0.161 e. The van der Waals surface area contributed by atoms with Gasteiger partial charge in [0.25, 0.3) is 0 Å². The SMILES string of the molecule is COc1ccc(CO[C@@H]2C[C@@H](CC/C(Cl)=C/CCO)O[C@@H]2[C@H](O)CO)cc1OC. The number of hydrogen-bond acceptors (Lipinski definition) is 7. The van der Waals surface area contributed by atoms with Gasteiger partial charge in [-0.2, -0.15) is 0 Å². The van der Waals surface area contributed by atoms with Crippen LogP contribution >= 0.6 is 11.6 Å². The standard InChI is InChI=1S/C21H31ClO7/c1-26-18-8-5-14(10-19(18)27-2)13-28-20-11-16(29-21(20)17(25)12-24)7-6-15(22)4-3-9-23/h4-5,8,10,16-17,20-21,23-25H,3,6-7,9,11-13H2,1-2H3/b15-4-/t16-,17-,20-,21-/m1/s1. The highest BCUT2D eigenvalue weighted by atomic mass is 35.5. The zero-order valence-electron chi connectivity index (χ0n) is 16.9. The maximum absolute atomic E-state index is 10.1. The van der Waals surface area contributed by atoms with E-state index in [1.807, 2.05) is 18.2 Å². The van der Waals surface area contributed by atoms with E-state index in [1.54, 1.807) is 20.3 Å². The Morgan fingerprint density at radius 1 is 1.28 bits per heavy atom. The van der Waals surface area contributed by atoms with E-state index in [-0.39, 0.29) is 18.8 Å². The van der Waals surface area contributed by atoms with Gasteiger partial charge >= 0.3 is 0 Å². The Labute approximate surface area is 176 Å². The minimum Gasteiger partial charge on any atom is -0.493 e. The monoisotopic (exact) mass is 430 g/mol. The normalized spacial score (nSPS) is 23.2. The number of allylic oxidation sites excluding steroid dienone is 1. The van der Waals surface area contributed by atoms with Crippen LogP contribution in [0.4, 0.5) is 0 Å². The zero-order chi connectivity index (χ0) is 21.2. The van der Waals surface area contributed by atoms with Crippen LogP contribution in [0.15, 0.2) is 29.3 Å². The molecule has 3 N–H and O–H groups in total.